The van der Waals surface area contributed by atoms with E-state index in [2.05, 4.69) is 168 Å². The van der Waals surface area contributed by atoms with Gasteiger partial charge in [-0.2, -0.15) is 0 Å². The average Bonchev–Trinajstić information content (AvgIpc) is 3.87. The Bertz CT molecular complexity index is 3180. The van der Waals surface area contributed by atoms with E-state index < -0.39 is 13.3 Å². The Labute approximate surface area is 413 Å². The molecule has 5 aromatic heterocycles. The molecule has 10 rings (SSSR count). The summed E-state index contributed by atoms with van der Waals surface area (Å²) in [5, 5.41) is 2.01. The van der Waals surface area contributed by atoms with Crippen molar-refractivity contribution in [1.29, 1.82) is 0 Å². The molecule has 0 amide bonds. The molecular weight excluding hydrogens is 1060 g/mol. The summed E-state index contributed by atoms with van der Waals surface area (Å²) in [7, 11) is 0. The number of benzene rings is 4. The number of rotatable bonds is 8. The number of aromatic nitrogens is 5. The van der Waals surface area contributed by atoms with E-state index in [4.69, 9.17) is 24.4 Å². The summed E-state index contributed by atoms with van der Waals surface area (Å²) >= 11 is -1.83. The molecular formula is C59H63GeIrN5O-2. The summed E-state index contributed by atoms with van der Waals surface area (Å²) in [4.78, 5) is 19.9. The van der Waals surface area contributed by atoms with Gasteiger partial charge in [-0.3, -0.25) is 9.97 Å². The maximum atomic E-state index is 6.63. The Morgan fingerprint density at radius 3 is 2.10 bits per heavy atom. The Hall–Kier alpha value is -5.21. The number of hydrogen-bond donors (Lipinski definition) is 0. The van der Waals surface area contributed by atoms with Crippen LogP contribution in [0.4, 0.5) is 0 Å². The third-order valence-electron chi connectivity index (χ3n) is 13.0. The maximum Gasteiger partial charge on any atom is 0 e. The van der Waals surface area contributed by atoms with Crippen molar-refractivity contribution in [3.63, 3.8) is 0 Å². The average molecular weight is 1120 g/mol. The van der Waals surface area contributed by atoms with E-state index in [-0.39, 0.29) is 37.4 Å². The van der Waals surface area contributed by atoms with Crippen LogP contribution in [-0.2, 0) is 39.4 Å². The first-order chi connectivity index (χ1) is 31.6. The van der Waals surface area contributed by atoms with E-state index in [1.54, 1.807) is 9.96 Å². The molecule has 9 aromatic rings. The minimum Gasteiger partial charge on any atom is 0 e. The van der Waals surface area contributed by atoms with Crippen molar-refractivity contribution in [1.82, 2.24) is 24.5 Å². The fraction of sp³-hybridized carbons (Fsp3) is 0.322. The first-order valence-corrected chi connectivity index (χ1v) is 31.2. The summed E-state index contributed by atoms with van der Waals surface area (Å²) in [6.07, 6.45) is 9.96. The van der Waals surface area contributed by atoms with Crippen molar-refractivity contribution in [2.75, 3.05) is 0 Å². The molecule has 6 nitrogen and oxygen atoms in total. The summed E-state index contributed by atoms with van der Waals surface area (Å²) in [5.74, 6) is 8.73. The quantitative estimate of drug-likeness (QED) is 0.112. The van der Waals surface area contributed by atoms with Gasteiger partial charge in [0, 0.05) is 43.1 Å². The van der Waals surface area contributed by atoms with E-state index >= 15 is 0 Å². The second-order valence-electron chi connectivity index (χ2n) is 21.0. The zero-order chi connectivity index (χ0) is 46.5. The SMILES string of the molecule is Cc1nccc2nc(-c3[c-]ccc4c3oc3nc(CC(C)(C)C)ccc34)n(-c3c(C(C)C)cc(-c4ccccc4)cc3C(C)C)c12.[CH3][Ge]([CH3])([CH3])[c]1cnc(-c2[c-]cccc2)c2c1CCCC2.[Ir]. The summed E-state index contributed by atoms with van der Waals surface area (Å²) in [6.45, 7) is 17.9. The van der Waals surface area contributed by atoms with Crippen LogP contribution in [0.3, 0.4) is 0 Å². The van der Waals surface area contributed by atoms with Gasteiger partial charge in [-0.15, -0.1) is 18.2 Å². The van der Waals surface area contributed by atoms with Crippen LogP contribution in [0.5, 0.6) is 0 Å². The van der Waals surface area contributed by atoms with Crippen LogP contribution in [0, 0.1) is 24.5 Å². The Balaban J connectivity index is 0.000000242. The van der Waals surface area contributed by atoms with E-state index in [1.165, 1.54) is 59.2 Å². The van der Waals surface area contributed by atoms with Crippen LogP contribution in [-0.4, -0.2) is 37.8 Å². The van der Waals surface area contributed by atoms with Crippen molar-refractivity contribution < 1.29 is 24.5 Å². The molecule has 0 saturated carbocycles. The smallest absolute Gasteiger partial charge is 0 e. The predicted octanol–water partition coefficient (Wildman–Crippen LogP) is 15.0. The van der Waals surface area contributed by atoms with Gasteiger partial charge in [0.2, 0.25) is 5.71 Å². The molecule has 0 fully saturated rings. The van der Waals surface area contributed by atoms with Crippen molar-refractivity contribution in [2.45, 2.75) is 117 Å². The number of aryl methyl sites for hydroxylation is 1. The normalized spacial score (nSPS) is 13.0. The van der Waals surface area contributed by atoms with Gasteiger partial charge < -0.3 is 8.98 Å². The van der Waals surface area contributed by atoms with Crippen molar-refractivity contribution in [2.24, 2.45) is 5.41 Å². The molecule has 1 aliphatic carbocycles. The van der Waals surface area contributed by atoms with Crippen LogP contribution in [0.1, 0.15) is 107 Å². The van der Waals surface area contributed by atoms with Gasteiger partial charge in [0.1, 0.15) is 0 Å². The third kappa shape index (κ3) is 9.75. The molecule has 0 unspecified atom stereocenters. The molecule has 0 saturated heterocycles. The van der Waals surface area contributed by atoms with E-state index in [0.717, 1.165) is 67.8 Å². The van der Waals surface area contributed by atoms with Gasteiger partial charge >= 0.3 is 125 Å². The topological polar surface area (TPSA) is 69.6 Å². The number of pyridine rings is 3. The van der Waals surface area contributed by atoms with Gasteiger partial charge in [-0.25, -0.2) is 4.98 Å². The van der Waals surface area contributed by atoms with Crippen LogP contribution in [0.15, 0.2) is 114 Å². The Morgan fingerprint density at radius 1 is 0.746 bits per heavy atom. The minimum atomic E-state index is -1.83. The van der Waals surface area contributed by atoms with Gasteiger partial charge in [0.15, 0.2) is 0 Å². The second kappa shape index (κ2) is 19.4. The zero-order valence-electron chi connectivity index (χ0n) is 41.1. The number of furan rings is 1. The van der Waals surface area contributed by atoms with Crippen LogP contribution >= 0.6 is 0 Å². The van der Waals surface area contributed by atoms with Crippen molar-refractivity contribution >= 4 is 50.8 Å². The molecule has 0 atom stereocenters. The number of fused-ring (bicyclic) bond motifs is 5. The number of nitrogens with zero attached hydrogens (tertiary/aromatic N) is 5. The summed E-state index contributed by atoms with van der Waals surface area (Å²) in [5.41, 5.74) is 17.8. The van der Waals surface area contributed by atoms with Gasteiger partial charge in [0.05, 0.1) is 28.1 Å². The first-order valence-electron chi connectivity index (χ1n) is 23.9. The van der Waals surface area contributed by atoms with Gasteiger partial charge in [-0.1, -0.05) is 89.7 Å². The van der Waals surface area contributed by atoms with Gasteiger partial charge in [-0.05, 0) is 83.2 Å². The van der Waals surface area contributed by atoms with Crippen LogP contribution in [0.25, 0.3) is 72.6 Å². The summed E-state index contributed by atoms with van der Waals surface area (Å²) in [6, 6.07) is 40.8. The largest absolute Gasteiger partial charge is 0 e. The Morgan fingerprint density at radius 2 is 1.45 bits per heavy atom. The molecule has 1 aliphatic rings. The molecule has 1 radical (unpaired) electrons. The predicted molar refractivity (Wildman–Crippen MR) is 278 cm³/mol. The molecule has 345 valence electrons. The fourth-order valence-corrected chi connectivity index (χ4v) is 13.2. The van der Waals surface area contributed by atoms with Gasteiger partial charge in [0.25, 0.3) is 0 Å². The first kappa shape index (κ1) is 48.3. The molecule has 4 aromatic carbocycles. The molecule has 0 N–H and O–H groups in total. The Kier molecular flexibility index (Phi) is 14.0. The molecule has 0 bridgehead atoms. The van der Waals surface area contributed by atoms with Crippen molar-refractivity contribution in [3.05, 3.63) is 155 Å². The van der Waals surface area contributed by atoms with E-state index in [0.29, 0.717) is 5.71 Å². The van der Waals surface area contributed by atoms with Crippen LogP contribution < -0.4 is 4.40 Å². The number of hydrogen-bond acceptors (Lipinski definition) is 5. The maximum absolute atomic E-state index is 6.63. The molecule has 5 heterocycles. The minimum absolute atomic E-state index is 0. The fourth-order valence-electron chi connectivity index (χ4n) is 9.82. The molecule has 0 spiro atoms. The van der Waals surface area contributed by atoms with Crippen molar-refractivity contribution in [3.8, 4) is 39.5 Å². The number of imidazole rings is 1. The standard InChI is InChI=1S/C41H41N4O.C18H22GeN.Ir/c1-24(2)33-21-28(27-13-10-9-11-14-27)22-34(25(3)4)37(33)45-36-26(5)42-20-19-35(36)44-39(45)32-16-12-15-30-31-18-17-29(23-41(6,7)8)43-40(31)46-38(30)32;1-19(2,3)17-13-20-18(14-9-5-4-6-10-14)16-12-8-7-11-15(16)17;/h9-15,17-22,24-25H,23H2,1-8H3;4-6,9,13H,7-8,11-12H2,1-3H3;/q2*-1;. The molecule has 67 heavy (non-hydrogen) atoms. The monoisotopic (exact) mass is 1120 g/mol. The zero-order valence-corrected chi connectivity index (χ0v) is 45.6. The third-order valence-corrected chi connectivity index (χ3v) is 17.3. The van der Waals surface area contributed by atoms with E-state index in [9.17, 15) is 0 Å². The molecule has 8 heteroatoms. The summed E-state index contributed by atoms with van der Waals surface area (Å²) < 4.78 is 10.6. The second-order valence-corrected chi connectivity index (χ2v) is 31.6. The van der Waals surface area contributed by atoms with E-state index in [1.807, 2.05) is 30.5 Å². The van der Waals surface area contributed by atoms with Crippen LogP contribution in [0.2, 0.25) is 17.3 Å². The molecule has 0 aliphatic heterocycles.